The van der Waals surface area contributed by atoms with Crippen molar-refractivity contribution in [3.63, 3.8) is 0 Å². The lowest BCUT2D eigenvalue weighted by Crippen LogP contribution is -2.20. The van der Waals surface area contributed by atoms with Crippen LogP contribution in [0.15, 0.2) is 119 Å². The summed E-state index contributed by atoms with van der Waals surface area (Å²) in [5, 5.41) is 5.19. The van der Waals surface area contributed by atoms with E-state index in [4.69, 9.17) is 9.72 Å². The highest BCUT2D eigenvalue weighted by Gasteiger charge is 2.14. The van der Waals surface area contributed by atoms with Gasteiger partial charge in [0.25, 0.3) is 5.56 Å². The van der Waals surface area contributed by atoms with Crippen molar-refractivity contribution in [2.24, 2.45) is 5.10 Å². The topological polar surface area (TPSA) is 61.4 Å². The Morgan fingerprint density at radius 1 is 0.829 bits per heavy atom. The molecule has 2 heterocycles. The number of fused-ring (bicyclic) bond motifs is 1. The fourth-order valence-electron chi connectivity index (χ4n) is 4.98. The summed E-state index contributed by atoms with van der Waals surface area (Å²) >= 11 is 0. The molecule has 0 aliphatic carbocycles. The van der Waals surface area contributed by atoms with Crippen LogP contribution >= 0.6 is 0 Å². The quantitative estimate of drug-likeness (QED) is 0.201. The molecular formula is C35H30N4O2. The van der Waals surface area contributed by atoms with E-state index in [1.54, 1.807) is 12.3 Å². The predicted molar refractivity (Wildman–Crippen MR) is 165 cm³/mol. The van der Waals surface area contributed by atoms with Crippen molar-refractivity contribution in [1.82, 2.24) is 14.2 Å². The van der Waals surface area contributed by atoms with Gasteiger partial charge in [-0.25, -0.2) is 4.98 Å². The molecule has 2 aromatic heterocycles. The SMILES string of the molecule is Cc1ccc(COc2ccc(-n3c(C)cc(C=Nn4c(-c5ccccc5)nc5ccccc5c4=O)c3C)cc2)cc1. The fraction of sp³-hybridized carbons (Fsp3) is 0.114. The summed E-state index contributed by atoms with van der Waals surface area (Å²) in [7, 11) is 0. The normalized spacial score (nSPS) is 11.4. The summed E-state index contributed by atoms with van der Waals surface area (Å²) in [6.07, 6.45) is 1.74. The van der Waals surface area contributed by atoms with Crippen LogP contribution in [0, 0.1) is 20.8 Å². The van der Waals surface area contributed by atoms with Crippen molar-refractivity contribution in [2.75, 3.05) is 0 Å². The van der Waals surface area contributed by atoms with Crippen LogP contribution in [0.2, 0.25) is 0 Å². The van der Waals surface area contributed by atoms with Crippen LogP contribution in [0.3, 0.4) is 0 Å². The largest absolute Gasteiger partial charge is 0.489 e. The third kappa shape index (κ3) is 5.32. The van der Waals surface area contributed by atoms with Crippen LogP contribution in [-0.4, -0.2) is 20.4 Å². The minimum absolute atomic E-state index is 0.208. The summed E-state index contributed by atoms with van der Waals surface area (Å²) in [5.74, 6) is 1.32. The predicted octanol–water partition coefficient (Wildman–Crippen LogP) is 7.24. The van der Waals surface area contributed by atoms with Crippen LogP contribution in [0.5, 0.6) is 5.75 Å². The number of nitrogens with zero attached hydrogens (tertiary/aromatic N) is 4. The molecule has 4 aromatic carbocycles. The van der Waals surface area contributed by atoms with Gasteiger partial charge in [0.05, 0.1) is 17.1 Å². The van der Waals surface area contributed by atoms with E-state index in [2.05, 4.69) is 72.9 Å². The maximum Gasteiger partial charge on any atom is 0.282 e. The molecule has 0 amide bonds. The van der Waals surface area contributed by atoms with Crippen LogP contribution in [0.25, 0.3) is 28.0 Å². The number of aromatic nitrogens is 3. The van der Waals surface area contributed by atoms with Gasteiger partial charge in [0.2, 0.25) is 0 Å². The second-order valence-corrected chi connectivity index (χ2v) is 10.1. The molecule has 0 aliphatic rings. The molecule has 0 saturated heterocycles. The van der Waals surface area contributed by atoms with Gasteiger partial charge in [0.1, 0.15) is 12.4 Å². The van der Waals surface area contributed by atoms with Gasteiger partial charge in [-0.1, -0.05) is 72.3 Å². The van der Waals surface area contributed by atoms with Crippen LogP contribution in [0.4, 0.5) is 0 Å². The highest BCUT2D eigenvalue weighted by Crippen LogP contribution is 2.23. The summed E-state index contributed by atoms with van der Waals surface area (Å²) in [6, 6.07) is 35.5. The number of hydrogen-bond donors (Lipinski definition) is 0. The van der Waals surface area contributed by atoms with Crippen molar-refractivity contribution < 1.29 is 4.74 Å². The first kappa shape index (κ1) is 26.0. The molecule has 0 N–H and O–H groups in total. The van der Waals surface area contributed by atoms with Gasteiger partial charge in [-0.2, -0.15) is 9.78 Å². The zero-order chi connectivity index (χ0) is 28.3. The Kier molecular flexibility index (Phi) is 7.04. The summed E-state index contributed by atoms with van der Waals surface area (Å²) in [4.78, 5) is 18.3. The number of benzene rings is 4. The summed E-state index contributed by atoms with van der Waals surface area (Å²) < 4.78 is 9.56. The first-order valence-corrected chi connectivity index (χ1v) is 13.6. The number of rotatable bonds is 7. The molecule has 0 saturated carbocycles. The molecule has 6 rings (SSSR count). The smallest absolute Gasteiger partial charge is 0.282 e. The highest BCUT2D eigenvalue weighted by molar-refractivity contribution is 5.83. The lowest BCUT2D eigenvalue weighted by Gasteiger charge is -2.12. The Hall–Kier alpha value is -5.23. The zero-order valence-corrected chi connectivity index (χ0v) is 23.3. The second kappa shape index (κ2) is 11.1. The minimum Gasteiger partial charge on any atom is -0.489 e. The van der Waals surface area contributed by atoms with Crippen molar-refractivity contribution in [2.45, 2.75) is 27.4 Å². The summed E-state index contributed by atoms with van der Waals surface area (Å²) in [5.41, 5.74) is 7.65. The number of hydrogen-bond acceptors (Lipinski definition) is 4. The first-order valence-electron chi connectivity index (χ1n) is 13.6. The number of aryl methyl sites for hydroxylation is 2. The van der Waals surface area contributed by atoms with Gasteiger partial charge in [-0.15, -0.1) is 0 Å². The van der Waals surface area contributed by atoms with E-state index in [-0.39, 0.29) is 5.56 Å². The molecule has 6 heteroatoms. The molecule has 0 unspecified atom stereocenters. The molecule has 0 radical (unpaired) electrons. The minimum atomic E-state index is -0.208. The Morgan fingerprint density at radius 2 is 1.54 bits per heavy atom. The Labute approximate surface area is 238 Å². The average Bonchev–Trinajstić information content (AvgIpc) is 3.29. The first-order chi connectivity index (χ1) is 20.0. The van der Waals surface area contributed by atoms with Crippen LogP contribution in [0.1, 0.15) is 28.1 Å². The molecule has 0 aliphatic heterocycles. The van der Waals surface area contributed by atoms with Crippen molar-refractivity contribution in [3.8, 4) is 22.8 Å². The Bertz CT molecular complexity index is 1920. The van der Waals surface area contributed by atoms with Gasteiger partial charge in [0.15, 0.2) is 5.82 Å². The average molecular weight is 539 g/mol. The van der Waals surface area contributed by atoms with Crippen LogP contribution < -0.4 is 10.3 Å². The highest BCUT2D eigenvalue weighted by atomic mass is 16.5. The van der Waals surface area contributed by atoms with E-state index >= 15 is 0 Å². The van der Waals surface area contributed by atoms with Crippen molar-refractivity contribution >= 4 is 17.1 Å². The van der Waals surface area contributed by atoms with E-state index in [1.165, 1.54) is 10.2 Å². The van der Waals surface area contributed by atoms with Crippen molar-refractivity contribution in [3.05, 3.63) is 148 Å². The van der Waals surface area contributed by atoms with Gasteiger partial charge in [-0.3, -0.25) is 4.79 Å². The summed E-state index contributed by atoms with van der Waals surface area (Å²) in [6.45, 7) is 6.71. The third-order valence-corrected chi connectivity index (χ3v) is 7.19. The van der Waals surface area contributed by atoms with E-state index in [1.807, 2.05) is 60.7 Å². The van der Waals surface area contributed by atoms with E-state index in [9.17, 15) is 4.79 Å². The monoisotopic (exact) mass is 538 g/mol. The van der Waals surface area contributed by atoms with E-state index < -0.39 is 0 Å². The standard InChI is InChI=1S/C35H30N4O2/c1-24-13-15-27(16-14-24)23-41-31-19-17-30(18-20-31)38-25(2)21-29(26(38)3)22-36-39-34(28-9-5-4-6-10-28)37-33-12-8-7-11-32(33)35(39)40/h4-22H,23H2,1-3H3. The van der Waals surface area contributed by atoms with E-state index in [0.29, 0.717) is 23.3 Å². The Balaban J connectivity index is 1.30. The maximum absolute atomic E-state index is 13.5. The molecule has 6 nitrogen and oxygen atoms in total. The molecule has 0 spiro atoms. The van der Waals surface area contributed by atoms with E-state index in [0.717, 1.165) is 39.5 Å². The molecule has 0 bridgehead atoms. The molecule has 202 valence electrons. The molecule has 0 fully saturated rings. The van der Waals surface area contributed by atoms with Crippen molar-refractivity contribution in [1.29, 1.82) is 0 Å². The molecule has 0 atom stereocenters. The molecule has 41 heavy (non-hydrogen) atoms. The lowest BCUT2D eigenvalue weighted by molar-refractivity contribution is 0.306. The lowest BCUT2D eigenvalue weighted by atomic mass is 10.2. The Morgan fingerprint density at radius 3 is 2.29 bits per heavy atom. The second-order valence-electron chi connectivity index (χ2n) is 10.1. The van der Waals surface area contributed by atoms with Crippen LogP contribution in [-0.2, 0) is 6.61 Å². The van der Waals surface area contributed by atoms with Gasteiger partial charge >= 0.3 is 0 Å². The maximum atomic E-state index is 13.5. The number of ether oxygens (including phenoxy) is 1. The molecule has 6 aromatic rings. The number of para-hydroxylation sites is 1. The van der Waals surface area contributed by atoms with Gasteiger partial charge in [-0.05, 0) is 68.8 Å². The van der Waals surface area contributed by atoms with Gasteiger partial charge in [0, 0.05) is 28.2 Å². The third-order valence-electron chi connectivity index (χ3n) is 7.19. The fourth-order valence-corrected chi connectivity index (χ4v) is 4.98. The van der Waals surface area contributed by atoms with Gasteiger partial charge < -0.3 is 9.30 Å². The molecular weight excluding hydrogens is 508 g/mol. The zero-order valence-electron chi connectivity index (χ0n) is 23.3.